The number of thioether (sulfide) groups is 1. The molecule has 1 aliphatic heterocycles. The van der Waals surface area contributed by atoms with Crippen LogP contribution in [0.5, 0.6) is 0 Å². The van der Waals surface area contributed by atoms with Crippen LogP contribution in [0.1, 0.15) is 22.7 Å². The van der Waals surface area contributed by atoms with Gasteiger partial charge in [-0.05, 0) is 29.3 Å². The summed E-state index contributed by atoms with van der Waals surface area (Å²) < 4.78 is 15.3. The molecule has 0 spiro atoms. The van der Waals surface area contributed by atoms with Crippen molar-refractivity contribution in [2.24, 2.45) is 0 Å². The number of carbonyl (C=O) groups excluding carboxylic acids is 2. The predicted molar refractivity (Wildman–Crippen MR) is 141 cm³/mol. The van der Waals surface area contributed by atoms with Crippen molar-refractivity contribution in [3.05, 3.63) is 111 Å². The third kappa shape index (κ3) is 4.71. The Labute approximate surface area is 222 Å². The average Bonchev–Trinajstić information content (AvgIpc) is 3.46. The fourth-order valence-electron chi connectivity index (χ4n) is 3.86. The summed E-state index contributed by atoms with van der Waals surface area (Å²) in [5.41, 5.74) is 1.56. The van der Waals surface area contributed by atoms with Crippen molar-refractivity contribution in [3.63, 3.8) is 0 Å². The fourth-order valence-corrected chi connectivity index (χ4v) is 5.98. The molecule has 1 N–H and O–H groups in total. The quantitative estimate of drug-likeness (QED) is 0.0937. The van der Waals surface area contributed by atoms with Crippen LogP contribution in [-0.4, -0.2) is 27.0 Å². The zero-order chi connectivity index (χ0) is 25.2. The highest BCUT2D eigenvalue weighted by Gasteiger charge is 2.48. The van der Waals surface area contributed by atoms with Gasteiger partial charge < -0.3 is 5.11 Å². The van der Waals surface area contributed by atoms with E-state index >= 15 is 0 Å². The Morgan fingerprint density at radius 3 is 2.42 bits per heavy atom. The predicted octanol–water partition coefficient (Wildman–Crippen LogP) is 6.36. The Hall–Kier alpha value is -3.34. The first-order valence-corrected chi connectivity index (χ1v) is 13.3. The van der Waals surface area contributed by atoms with Crippen molar-refractivity contribution in [2.75, 3.05) is 4.90 Å². The molecule has 1 aliphatic rings. The van der Waals surface area contributed by atoms with Gasteiger partial charge in [-0.1, -0.05) is 99.7 Å². The van der Waals surface area contributed by atoms with Gasteiger partial charge in [-0.15, -0.1) is 10.2 Å². The van der Waals surface area contributed by atoms with Gasteiger partial charge >= 0.3 is 5.91 Å². The molecule has 2 heterocycles. The summed E-state index contributed by atoms with van der Waals surface area (Å²) in [5.74, 6) is -1.84. The molecule has 36 heavy (non-hydrogen) atoms. The zero-order valence-corrected chi connectivity index (χ0v) is 21.7. The van der Waals surface area contributed by atoms with Crippen LogP contribution in [0.2, 0.25) is 0 Å². The summed E-state index contributed by atoms with van der Waals surface area (Å²) >= 11 is 5.78. The van der Waals surface area contributed by atoms with E-state index in [1.54, 1.807) is 66.7 Å². The van der Waals surface area contributed by atoms with Gasteiger partial charge in [0, 0.05) is 15.8 Å². The van der Waals surface area contributed by atoms with Gasteiger partial charge in [-0.25, -0.2) is 4.39 Å². The lowest BCUT2D eigenvalue weighted by atomic mass is 9.95. The number of carbonyl (C=O) groups is 2. The van der Waals surface area contributed by atoms with Gasteiger partial charge in [-0.2, -0.15) is 0 Å². The topological polar surface area (TPSA) is 83.4 Å². The number of aliphatic hydroxyl groups excluding tert-OH is 1. The molecule has 1 atom stereocenters. The van der Waals surface area contributed by atoms with Crippen molar-refractivity contribution in [2.45, 2.75) is 16.1 Å². The van der Waals surface area contributed by atoms with Gasteiger partial charge in [-0.3, -0.25) is 14.5 Å². The molecule has 0 aliphatic carbocycles. The molecule has 0 bridgehead atoms. The first-order valence-electron chi connectivity index (χ1n) is 10.8. The number of hydrogen-bond acceptors (Lipinski definition) is 7. The van der Waals surface area contributed by atoms with Crippen LogP contribution in [0.25, 0.3) is 5.76 Å². The second-order valence-electron chi connectivity index (χ2n) is 7.82. The van der Waals surface area contributed by atoms with E-state index in [0.717, 1.165) is 15.8 Å². The first kappa shape index (κ1) is 24.4. The smallest absolute Gasteiger partial charge is 0.301 e. The number of aliphatic hydroxyl groups is 1. The monoisotopic (exact) mass is 581 g/mol. The maximum absolute atomic E-state index is 14.0. The Morgan fingerprint density at radius 2 is 1.69 bits per heavy atom. The van der Waals surface area contributed by atoms with Crippen LogP contribution in [0.3, 0.4) is 0 Å². The van der Waals surface area contributed by atoms with E-state index in [-0.39, 0.29) is 22.3 Å². The minimum atomic E-state index is -0.882. The summed E-state index contributed by atoms with van der Waals surface area (Å²) in [7, 11) is 0. The highest BCUT2D eigenvalue weighted by Crippen LogP contribution is 2.44. The Kier molecular flexibility index (Phi) is 6.99. The number of ketones is 1. The van der Waals surface area contributed by atoms with Gasteiger partial charge in [0.25, 0.3) is 5.78 Å². The molecule has 0 radical (unpaired) electrons. The van der Waals surface area contributed by atoms with Crippen LogP contribution in [0.4, 0.5) is 9.52 Å². The van der Waals surface area contributed by atoms with E-state index in [1.165, 1.54) is 22.7 Å². The van der Waals surface area contributed by atoms with Crippen molar-refractivity contribution in [1.29, 1.82) is 0 Å². The molecule has 180 valence electrons. The normalized spacial score (nSPS) is 17.1. The second-order valence-corrected chi connectivity index (χ2v) is 10.9. The Morgan fingerprint density at radius 1 is 1.00 bits per heavy atom. The van der Waals surface area contributed by atoms with Crippen molar-refractivity contribution < 1.29 is 19.1 Å². The highest BCUT2D eigenvalue weighted by molar-refractivity contribution is 9.10. The maximum atomic E-state index is 14.0. The number of halogens is 2. The van der Waals surface area contributed by atoms with Crippen LogP contribution < -0.4 is 4.90 Å². The van der Waals surface area contributed by atoms with Crippen molar-refractivity contribution in [3.8, 4) is 0 Å². The number of anilines is 1. The van der Waals surface area contributed by atoms with E-state index in [2.05, 4.69) is 26.1 Å². The summed E-state index contributed by atoms with van der Waals surface area (Å²) in [6.07, 6.45) is 0. The maximum Gasteiger partial charge on any atom is 0.301 e. The molecule has 4 aromatic rings. The standard InChI is InChI=1S/C26H17BrFN3O3S2/c27-18-12-10-16(11-13-18)22(32)20-21(15-6-2-1-3-7-15)31(24(34)23(20)33)25-29-30-26(36-25)35-14-17-8-4-5-9-19(17)28/h1-13,21,32H,14H2/b22-20-. The summed E-state index contributed by atoms with van der Waals surface area (Å²) in [6, 6.07) is 21.4. The van der Waals surface area contributed by atoms with Crippen LogP contribution in [0, 0.1) is 5.82 Å². The molecule has 1 fully saturated rings. The van der Waals surface area contributed by atoms with E-state index in [1.807, 2.05) is 6.07 Å². The van der Waals surface area contributed by atoms with Gasteiger partial charge in [0.2, 0.25) is 5.13 Å². The molecule has 6 nitrogen and oxygen atoms in total. The molecular weight excluding hydrogens is 565 g/mol. The number of aromatic nitrogens is 2. The lowest BCUT2D eigenvalue weighted by molar-refractivity contribution is -0.132. The lowest BCUT2D eigenvalue weighted by Gasteiger charge is -2.22. The average molecular weight is 582 g/mol. The van der Waals surface area contributed by atoms with E-state index in [9.17, 15) is 19.1 Å². The first-order chi connectivity index (χ1) is 17.4. The number of benzene rings is 3. The lowest BCUT2D eigenvalue weighted by Crippen LogP contribution is -2.29. The molecule has 1 amide bonds. The molecule has 5 rings (SSSR count). The second kappa shape index (κ2) is 10.3. The summed E-state index contributed by atoms with van der Waals surface area (Å²) in [4.78, 5) is 27.7. The minimum Gasteiger partial charge on any atom is -0.507 e. The van der Waals surface area contributed by atoms with Gasteiger partial charge in [0.05, 0.1) is 11.6 Å². The highest BCUT2D eigenvalue weighted by atomic mass is 79.9. The van der Waals surface area contributed by atoms with E-state index in [0.29, 0.717) is 26.8 Å². The van der Waals surface area contributed by atoms with Crippen LogP contribution in [0.15, 0.2) is 93.2 Å². The third-order valence-corrected chi connectivity index (χ3v) is 8.22. The van der Waals surface area contributed by atoms with E-state index in [4.69, 9.17) is 0 Å². The van der Waals surface area contributed by atoms with E-state index < -0.39 is 17.7 Å². The number of Topliss-reactive ketones (excluding diaryl/α,β-unsaturated/α-hetero) is 1. The van der Waals surface area contributed by atoms with Gasteiger partial charge in [0.1, 0.15) is 11.6 Å². The molecule has 1 saturated heterocycles. The molecule has 10 heteroatoms. The largest absolute Gasteiger partial charge is 0.507 e. The van der Waals surface area contributed by atoms with Gasteiger partial charge in [0.15, 0.2) is 4.34 Å². The number of amides is 1. The Bertz CT molecular complexity index is 1480. The summed E-state index contributed by atoms with van der Waals surface area (Å²) in [6.45, 7) is 0. The SMILES string of the molecule is O=C1C(=O)N(c2nnc(SCc3ccccc3F)s2)C(c2ccccc2)/C1=C(/O)c1ccc(Br)cc1. The number of hydrogen-bond donors (Lipinski definition) is 1. The van der Waals surface area contributed by atoms with Crippen molar-refractivity contribution >= 4 is 61.6 Å². The third-order valence-electron chi connectivity index (χ3n) is 5.59. The number of nitrogens with zero attached hydrogens (tertiary/aromatic N) is 3. The van der Waals surface area contributed by atoms with Crippen molar-refractivity contribution in [1.82, 2.24) is 10.2 Å². The van der Waals surface area contributed by atoms with Crippen LogP contribution in [-0.2, 0) is 15.3 Å². The fraction of sp³-hybridized carbons (Fsp3) is 0.0769. The van der Waals surface area contributed by atoms with Crippen LogP contribution >= 0.6 is 39.0 Å². The Balaban J connectivity index is 1.53. The molecular formula is C26H17BrFN3O3S2. The number of rotatable bonds is 6. The summed E-state index contributed by atoms with van der Waals surface area (Å²) in [5, 5.41) is 19.7. The minimum absolute atomic E-state index is 0.0238. The molecule has 0 saturated carbocycles. The molecule has 1 unspecified atom stereocenters. The zero-order valence-electron chi connectivity index (χ0n) is 18.5. The molecule has 1 aromatic heterocycles. The molecule has 3 aromatic carbocycles.